The lowest BCUT2D eigenvalue weighted by Crippen LogP contribution is -2.21. The third kappa shape index (κ3) is 4.21. The zero-order valence-corrected chi connectivity index (χ0v) is 10.4. The molecule has 0 heterocycles. The molecule has 0 bridgehead atoms. The monoisotopic (exact) mass is 242 g/mol. The SMILES string of the molecule is CC(C)(C)OOC(=O)c1cccc(CCl)c1. The first kappa shape index (κ1) is 13.0. The number of carbonyl (C=O) groups excluding carboxylic acids is 1. The summed E-state index contributed by atoms with van der Waals surface area (Å²) in [5, 5.41) is 0. The van der Waals surface area contributed by atoms with Crippen molar-refractivity contribution in [3.8, 4) is 0 Å². The van der Waals surface area contributed by atoms with Gasteiger partial charge < -0.3 is 0 Å². The van der Waals surface area contributed by atoms with Gasteiger partial charge in [-0.15, -0.1) is 11.6 Å². The van der Waals surface area contributed by atoms with Gasteiger partial charge in [-0.3, -0.25) is 4.89 Å². The number of hydrogen-bond donors (Lipinski definition) is 0. The lowest BCUT2D eigenvalue weighted by Gasteiger charge is -2.16. The Balaban J connectivity index is 2.66. The molecular weight excluding hydrogens is 228 g/mol. The van der Waals surface area contributed by atoms with E-state index in [4.69, 9.17) is 21.4 Å². The Kier molecular flexibility index (Phi) is 4.33. The zero-order valence-electron chi connectivity index (χ0n) is 9.62. The molecule has 3 nitrogen and oxygen atoms in total. The van der Waals surface area contributed by atoms with E-state index in [0.717, 1.165) is 5.56 Å². The fraction of sp³-hybridized carbons (Fsp3) is 0.417. The standard InChI is InChI=1S/C12H15ClO3/c1-12(2,3)16-15-11(14)10-6-4-5-9(7-10)8-13/h4-7H,8H2,1-3H3. The van der Waals surface area contributed by atoms with Crippen LogP contribution >= 0.6 is 11.6 Å². The summed E-state index contributed by atoms with van der Waals surface area (Å²) in [4.78, 5) is 21.2. The molecule has 0 saturated carbocycles. The van der Waals surface area contributed by atoms with Gasteiger partial charge in [-0.2, -0.15) is 4.89 Å². The lowest BCUT2D eigenvalue weighted by atomic mass is 10.1. The lowest BCUT2D eigenvalue weighted by molar-refractivity contribution is -0.301. The zero-order chi connectivity index (χ0) is 12.2. The summed E-state index contributed by atoms with van der Waals surface area (Å²) in [7, 11) is 0. The number of carbonyl (C=O) groups is 1. The van der Waals surface area contributed by atoms with Crippen molar-refractivity contribution in [1.29, 1.82) is 0 Å². The first-order chi connectivity index (χ1) is 7.42. The molecule has 0 aliphatic carbocycles. The van der Waals surface area contributed by atoms with E-state index in [-0.39, 0.29) is 0 Å². The Bertz CT molecular complexity index is 369. The molecule has 16 heavy (non-hydrogen) atoms. The maximum Gasteiger partial charge on any atom is 0.373 e. The van der Waals surface area contributed by atoms with Crippen molar-refractivity contribution in [1.82, 2.24) is 0 Å². The molecule has 0 amide bonds. The van der Waals surface area contributed by atoms with E-state index in [0.29, 0.717) is 11.4 Å². The van der Waals surface area contributed by atoms with Crippen LogP contribution in [0.5, 0.6) is 0 Å². The van der Waals surface area contributed by atoms with Crippen LogP contribution in [0, 0.1) is 0 Å². The highest BCUT2D eigenvalue weighted by atomic mass is 35.5. The van der Waals surface area contributed by atoms with Crippen LogP contribution in [0.15, 0.2) is 24.3 Å². The summed E-state index contributed by atoms with van der Waals surface area (Å²) in [5.41, 5.74) is 0.786. The minimum atomic E-state index is -0.514. The van der Waals surface area contributed by atoms with Crippen LogP contribution in [0.25, 0.3) is 0 Å². The van der Waals surface area contributed by atoms with Gasteiger partial charge in [-0.05, 0) is 38.5 Å². The molecule has 0 unspecified atom stereocenters. The molecule has 88 valence electrons. The maximum absolute atomic E-state index is 11.6. The van der Waals surface area contributed by atoms with Crippen molar-refractivity contribution in [2.75, 3.05) is 0 Å². The summed E-state index contributed by atoms with van der Waals surface area (Å²) in [6.45, 7) is 5.40. The van der Waals surface area contributed by atoms with Crippen LogP contribution < -0.4 is 0 Å². The molecule has 0 aliphatic heterocycles. The summed E-state index contributed by atoms with van der Waals surface area (Å²) >= 11 is 5.67. The van der Waals surface area contributed by atoms with Crippen LogP contribution in [0.1, 0.15) is 36.7 Å². The van der Waals surface area contributed by atoms with E-state index in [9.17, 15) is 4.79 Å². The molecule has 0 radical (unpaired) electrons. The van der Waals surface area contributed by atoms with Crippen molar-refractivity contribution >= 4 is 17.6 Å². The first-order valence-corrected chi connectivity index (χ1v) is 5.51. The van der Waals surface area contributed by atoms with Gasteiger partial charge >= 0.3 is 5.97 Å². The Morgan fingerprint density at radius 1 is 1.38 bits per heavy atom. The molecule has 1 aromatic rings. The maximum atomic E-state index is 11.6. The van der Waals surface area contributed by atoms with Crippen LogP contribution in [-0.2, 0) is 15.7 Å². The fourth-order valence-electron chi connectivity index (χ4n) is 0.992. The minimum absolute atomic E-state index is 0.362. The normalized spacial score (nSPS) is 11.2. The molecule has 4 heteroatoms. The summed E-state index contributed by atoms with van der Waals surface area (Å²) in [5.74, 6) is -0.150. The molecule has 0 spiro atoms. The van der Waals surface area contributed by atoms with Crippen molar-refractivity contribution in [2.24, 2.45) is 0 Å². The smallest absolute Gasteiger partial charge is 0.292 e. The molecule has 0 aromatic heterocycles. The molecule has 0 N–H and O–H groups in total. The van der Waals surface area contributed by atoms with Crippen LogP contribution in [0.3, 0.4) is 0 Å². The fourth-order valence-corrected chi connectivity index (χ4v) is 1.16. The number of rotatable bonds is 3. The molecule has 0 saturated heterocycles. The van der Waals surface area contributed by atoms with Crippen LogP contribution in [0.4, 0.5) is 0 Å². The molecule has 0 atom stereocenters. The van der Waals surface area contributed by atoms with E-state index in [1.165, 1.54) is 0 Å². The van der Waals surface area contributed by atoms with Gasteiger partial charge in [-0.25, -0.2) is 4.79 Å². The van der Waals surface area contributed by atoms with Gasteiger partial charge in [0.05, 0.1) is 5.56 Å². The summed E-state index contributed by atoms with van der Waals surface area (Å²) in [6.07, 6.45) is 0. The van der Waals surface area contributed by atoms with Crippen molar-refractivity contribution < 1.29 is 14.6 Å². The van der Waals surface area contributed by atoms with E-state index in [1.54, 1.807) is 39.0 Å². The van der Waals surface area contributed by atoms with Gasteiger partial charge in [0.2, 0.25) is 0 Å². The third-order valence-corrected chi connectivity index (χ3v) is 1.99. The van der Waals surface area contributed by atoms with E-state index in [2.05, 4.69) is 0 Å². The van der Waals surface area contributed by atoms with E-state index in [1.807, 2.05) is 6.07 Å². The number of hydrogen-bond acceptors (Lipinski definition) is 3. The molecular formula is C12H15ClO3. The second-order valence-electron chi connectivity index (χ2n) is 4.40. The third-order valence-electron chi connectivity index (χ3n) is 1.68. The molecule has 0 fully saturated rings. The number of halogens is 1. The highest BCUT2D eigenvalue weighted by molar-refractivity contribution is 6.17. The van der Waals surface area contributed by atoms with Crippen molar-refractivity contribution in [2.45, 2.75) is 32.3 Å². The predicted octanol–water partition coefficient (Wildman–Crippen LogP) is 3.31. The number of benzene rings is 1. The van der Waals surface area contributed by atoms with Crippen molar-refractivity contribution in [3.63, 3.8) is 0 Å². The molecule has 1 rings (SSSR count). The van der Waals surface area contributed by atoms with E-state index < -0.39 is 11.6 Å². The minimum Gasteiger partial charge on any atom is -0.292 e. The van der Waals surface area contributed by atoms with Gasteiger partial charge in [0.25, 0.3) is 0 Å². The second-order valence-corrected chi connectivity index (χ2v) is 4.67. The topological polar surface area (TPSA) is 35.5 Å². The average molecular weight is 243 g/mol. The summed E-state index contributed by atoms with van der Waals surface area (Å²) in [6, 6.07) is 6.94. The van der Waals surface area contributed by atoms with E-state index >= 15 is 0 Å². The summed E-state index contributed by atoms with van der Waals surface area (Å²) < 4.78 is 0. The van der Waals surface area contributed by atoms with Crippen LogP contribution in [0.2, 0.25) is 0 Å². The molecule has 1 aromatic carbocycles. The largest absolute Gasteiger partial charge is 0.373 e. The van der Waals surface area contributed by atoms with Crippen molar-refractivity contribution in [3.05, 3.63) is 35.4 Å². The Morgan fingerprint density at radius 3 is 2.62 bits per heavy atom. The highest BCUT2D eigenvalue weighted by Crippen LogP contribution is 2.12. The Hall–Kier alpha value is -1.06. The second kappa shape index (κ2) is 5.32. The quantitative estimate of drug-likeness (QED) is 0.463. The predicted molar refractivity (Wildman–Crippen MR) is 62.3 cm³/mol. The van der Waals surface area contributed by atoms with Gasteiger partial charge in [0.1, 0.15) is 5.60 Å². The van der Waals surface area contributed by atoms with Gasteiger partial charge in [0.15, 0.2) is 0 Å². The Labute approximate surface area is 100 Å². The van der Waals surface area contributed by atoms with Gasteiger partial charge in [0, 0.05) is 5.88 Å². The average Bonchev–Trinajstić information content (AvgIpc) is 2.25. The number of alkyl halides is 1. The first-order valence-electron chi connectivity index (χ1n) is 4.97. The Morgan fingerprint density at radius 2 is 2.06 bits per heavy atom. The molecule has 0 aliphatic rings. The highest BCUT2D eigenvalue weighted by Gasteiger charge is 2.16. The van der Waals surface area contributed by atoms with Gasteiger partial charge in [-0.1, -0.05) is 12.1 Å². The van der Waals surface area contributed by atoms with Crippen LogP contribution in [-0.4, -0.2) is 11.6 Å².